The number of piperazine rings is 1. The quantitative estimate of drug-likeness (QED) is 0.409. The van der Waals surface area contributed by atoms with E-state index in [1.807, 2.05) is 54.6 Å². The van der Waals surface area contributed by atoms with Crippen molar-refractivity contribution in [2.45, 2.75) is 0 Å². The van der Waals surface area contributed by atoms with Crippen LogP contribution in [-0.2, 0) is 4.79 Å². The van der Waals surface area contributed by atoms with Crippen LogP contribution < -0.4 is 15.0 Å². The summed E-state index contributed by atoms with van der Waals surface area (Å²) in [5.74, 6) is 0.633. The Morgan fingerprint density at radius 3 is 2.51 bits per heavy atom. The number of rotatable bonds is 6. The molecule has 2 amide bonds. The van der Waals surface area contributed by atoms with Crippen molar-refractivity contribution in [1.29, 1.82) is 0 Å². The molecule has 0 spiro atoms. The number of nitrogens with zero attached hydrogens (tertiary/aromatic N) is 2. The van der Waals surface area contributed by atoms with E-state index in [0.29, 0.717) is 48.4 Å². The molecule has 178 valence electrons. The van der Waals surface area contributed by atoms with Crippen LogP contribution in [0.4, 0.5) is 11.4 Å². The van der Waals surface area contributed by atoms with E-state index in [-0.39, 0.29) is 18.4 Å². The highest BCUT2D eigenvalue weighted by atomic mass is 35.5. The van der Waals surface area contributed by atoms with Gasteiger partial charge in [0.1, 0.15) is 5.75 Å². The molecule has 0 radical (unpaired) electrons. The standard InChI is InChI=1S/C27H24ClN3O4/c28-22-17-20(29-26(32)18-35-24-8-3-6-19-5-1-2-7-21(19)24)10-11-23(22)30-12-14-31(15-13-30)27(33)25-9-4-16-34-25/h1-11,16-17H,12-15,18H2,(H,29,32). The van der Waals surface area contributed by atoms with Crippen LogP contribution in [0.15, 0.2) is 83.5 Å². The third-order valence-electron chi connectivity index (χ3n) is 5.98. The van der Waals surface area contributed by atoms with Crippen LogP contribution in [-0.4, -0.2) is 49.5 Å². The zero-order valence-corrected chi connectivity index (χ0v) is 19.7. The molecule has 3 aromatic carbocycles. The largest absolute Gasteiger partial charge is 0.483 e. The Balaban J connectivity index is 1.16. The minimum absolute atomic E-state index is 0.107. The Morgan fingerprint density at radius 1 is 0.943 bits per heavy atom. The monoisotopic (exact) mass is 489 g/mol. The van der Waals surface area contributed by atoms with Gasteiger partial charge in [0.05, 0.1) is 17.0 Å². The Hall–Kier alpha value is -3.97. The summed E-state index contributed by atoms with van der Waals surface area (Å²) in [5, 5.41) is 5.38. The normalized spacial score (nSPS) is 13.6. The highest BCUT2D eigenvalue weighted by molar-refractivity contribution is 6.33. The van der Waals surface area contributed by atoms with Crippen molar-refractivity contribution in [3.05, 3.63) is 89.8 Å². The molecule has 0 saturated carbocycles. The highest BCUT2D eigenvalue weighted by Gasteiger charge is 2.24. The lowest BCUT2D eigenvalue weighted by atomic mass is 10.1. The molecule has 35 heavy (non-hydrogen) atoms. The lowest BCUT2D eigenvalue weighted by molar-refractivity contribution is -0.118. The van der Waals surface area contributed by atoms with Gasteiger partial charge >= 0.3 is 0 Å². The van der Waals surface area contributed by atoms with E-state index < -0.39 is 0 Å². The fourth-order valence-corrected chi connectivity index (χ4v) is 4.51. The topological polar surface area (TPSA) is 75.0 Å². The molecular weight excluding hydrogens is 466 g/mol. The highest BCUT2D eigenvalue weighted by Crippen LogP contribution is 2.30. The summed E-state index contributed by atoms with van der Waals surface area (Å²) in [6.45, 7) is 2.33. The first-order valence-electron chi connectivity index (χ1n) is 11.4. The summed E-state index contributed by atoms with van der Waals surface area (Å²) >= 11 is 6.54. The Kier molecular flexibility index (Phi) is 6.59. The van der Waals surface area contributed by atoms with E-state index in [9.17, 15) is 9.59 Å². The summed E-state index contributed by atoms with van der Waals surface area (Å²) in [4.78, 5) is 28.8. The van der Waals surface area contributed by atoms with Crippen molar-refractivity contribution >= 4 is 45.6 Å². The number of nitrogens with one attached hydrogen (secondary N) is 1. The van der Waals surface area contributed by atoms with E-state index in [2.05, 4.69) is 10.2 Å². The van der Waals surface area contributed by atoms with Gasteiger partial charge in [0, 0.05) is 37.3 Å². The third kappa shape index (κ3) is 5.10. The van der Waals surface area contributed by atoms with Gasteiger partial charge in [-0.3, -0.25) is 9.59 Å². The molecule has 2 heterocycles. The number of hydrogen-bond donors (Lipinski definition) is 1. The third-order valence-corrected chi connectivity index (χ3v) is 6.28. The van der Waals surface area contributed by atoms with Crippen LogP contribution in [0, 0.1) is 0 Å². The van der Waals surface area contributed by atoms with Gasteiger partial charge in [0.2, 0.25) is 0 Å². The van der Waals surface area contributed by atoms with Crippen molar-refractivity contribution < 1.29 is 18.7 Å². The number of amides is 2. The number of carbonyl (C=O) groups excluding carboxylic acids is 2. The second kappa shape index (κ2) is 10.1. The SMILES string of the molecule is O=C(COc1cccc2ccccc12)Nc1ccc(N2CCN(C(=O)c3ccco3)CC2)c(Cl)c1. The van der Waals surface area contributed by atoms with Crippen molar-refractivity contribution in [3.63, 3.8) is 0 Å². The van der Waals surface area contributed by atoms with Crippen LogP contribution in [0.1, 0.15) is 10.6 Å². The minimum Gasteiger partial charge on any atom is -0.483 e. The first kappa shape index (κ1) is 22.8. The maximum absolute atomic E-state index is 12.5. The molecule has 5 rings (SSSR count). The second-order valence-corrected chi connectivity index (χ2v) is 8.64. The molecule has 0 unspecified atom stereocenters. The second-order valence-electron chi connectivity index (χ2n) is 8.24. The van der Waals surface area contributed by atoms with E-state index in [1.165, 1.54) is 6.26 Å². The van der Waals surface area contributed by atoms with Gasteiger partial charge in [0.25, 0.3) is 11.8 Å². The summed E-state index contributed by atoms with van der Waals surface area (Å²) in [5.41, 5.74) is 1.46. The number of ether oxygens (including phenoxy) is 1. The van der Waals surface area contributed by atoms with E-state index in [1.54, 1.807) is 23.1 Å². The molecule has 1 aliphatic rings. The predicted molar refractivity (Wildman–Crippen MR) is 136 cm³/mol. The van der Waals surface area contributed by atoms with Crippen LogP contribution in [0.25, 0.3) is 10.8 Å². The molecule has 0 bridgehead atoms. The lowest BCUT2D eigenvalue weighted by Crippen LogP contribution is -2.48. The van der Waals surface area contributed by atoms with E-state index in [4.69, 9.17) is 20.8 Å². The summed E-state index contributed by atoms with van der Waals surface area (Å²) in [6.07, 6.45) is 1.50. The number of furan rings is 1. The fraction of sp³-hybridized carbons (Fsp3) is 0.185. The molecule has 1 N–H and O–H groups in total. The maximum Gasteiger partial charge on any atom is 0.289 e. The summed E-state index contributed by atoms with van der Waals surface area (Å²) < 4.78 is 11.0. The first-order chi connectivity index (χ1) is 17.1. The molecule has 4 aromatic rings. The molecule has 1 aromatic heterocycles. The average molecular weight is 490 g/mol. The fourth-order valence-electron chi connectivity index (χ4n) is 4.21. The van der Waals surface area contributed by atoms with Crippen LogP contribution in [0.5, 0.6) is 5.75 Å². The van der Waals surface area contributed by atoms with E-state index >= 15 is 0 Å². The molecule has 0 aliphatic carbocycles. The molecular formula is C27H24ClN3O4. The van der Waals surface area contributed by atoms with Crippen molar-refractivity contribution in [1.82, 2.24) is 4.90 Å². The summed E-state index contributed by atoms with van der Waals surface area (Å²) in [7, 11) is 0. The summed E-state index contributed by atoms with van der Waals surface area (Å²) in [6, 6.07) is 22.4. The molecule has 1 fully saturated rings. The first-order valence-corrected chi connectivity index (χ1v) is 11.7. The van der Waals surface area contributed by atoms with Gasteiger partial charge in [-0.1, -0.05) is 48.0 Å². The minimum atomic E-state index is -0.271. The van der Waals surface area contributed by atoms with Crippen LogP contribution >= 0.6 is 11.6 Å². The maximum atomic E-state index is 12.5. The van der Waals surface area contributed by atoms with Crippen molar-refractivity contribution in [2.75, 3.05) is 43.0 Å². The van der Waals surface area contributed by atoms with Gasteiger partial charge in [-0.05, 0) is 41.8 Å². The molecule has 1 saturated heterocycles. The zero-order valence-electron chi connectivity index (χ0n) is 18.9. The molecule has 7 nitrogen and oxygen atoms in total. The number of hydrogen-bond acceptors (Lipinski definition) is 5. The number of halogens is 1. The number of fused-ring (bicyclic) bond motifs is 1. The van der Waals surface area contributed by atoms with Crippen molar-refractivity contribution in [3.8, 4) is 5.75 Å². The Bertz CT molecular complexity index is 1340. The number of benzene rings is 3. The molecule has 0 atom stereocenters. The van der Waals surface area contributed by atoms with Crippen LogP contribution in [0.3, 0.4) is 0 Å². The smallest absolute Gasteiger partial charge is 0.289 e. The van der Waals surface area contributed by atoms with Crippen LogP contribution in [0.2, 0.25) is 5.02 Å². The Labute approximate surface area is 207 Å². The number of anilines is 2. The molecule has 8 heteroatoms. The van der Waals surface area contributed by atoms with Gasteiger partial charge in [-0.15, -0.1) is 0 Å². The zero-order chi connectivity index (χ0) is 24.2. The Morgan fingerprint density at radius 2 is 1.74 bits per heavy atom. The van der Waals surface area contributed by atoms with Gasteiger partial charge in [-0.25, -0.2) is 0 Å². The van der Waals surface area contributed by atoms with Gasteiger partial charge in [-0.2, -0.15) is 0 Å². The van der Waals surface area contributed by atoms with Gasteiger partial charge in [0.15, 0.2) is 12.4 Å². The number of carbonyl (C=O) groups is 2. The predicted octanol–water partition coefficient (Wildman–Crippen LogP) is 5.07. The lowest BCUT2D eigenvalue weighted by Gasteiger charge is -2.36. The van der Waals surface area contributed by atoms with Crippen molar-refractivity contribution in [2.24, 2.45) is 0 Å². The molecule has 1 aliphatic heterocycles. The average Bonchev–Trinajstić information content (AvgIpc) is 3.42. The van der Waals surface area contributed by atoms with Gasteiger partial charge < -0.3 is 24.3 Å². The van der Waals surface area contributed by atoms with E-state index in [0.717, 1.165) is 16.5 Å².